The Hall–Kier alpha value is -2.94. The van der Waals surface area contributed by atoms with Gasteiger partial charge in [0, 0.05) is 24.8 Å². The summed E-state index contributed by atoms with van der Waals surface area (Å²) in [6.07, 6.45) is -2.00. The van der Waals surface area contributed by atoms with Crippen molar-refractivity contribution in [1.29, 1.82) is 0 Å². The van der Waals surface area contributed by atoms with Crippen LogP contribution < -0.4 is 4.90 Å². The highest BCUT2D eigenvalue weighted by molar-refractivity contribution is 5.97. The number of hydrogen-bond acceptors (Lipinski definition) is 4. The van der Waals surface area contributed by atoms with E-state index in [4.69, 9.17) is 0 Å². The number of amides is 1. The quantitative estimate of drug-likeness (QED) is 0.613. The largest absolute Gasteiger partial charge is 0.416 e. The standard InChI is InChI=1S/C23H24F3N5O/c1-15-12-16-4-2-3-5-20(16)30(15)22(32)14-29-10-8-18(9-11-29)31-21-7-6-17(23(24,25)26)13-19(21)27-28-31/h2-7,13,15,18H,8-12,14H2,1H3/t15-/m1/s1. The molecule has 0 spiro atoms. The van der Waals surface area contributed by atoms with Gasteiger partial charge in [0.1, 0.15) is 5.52 Å². The van der Waals surface area contributed by atoms with Gasteiger partial charge in [-0.15, -0.1) is 5.10 Å². The predicted octanol–water partition coefficient (Wildman–Crippen LogP) is 4.06. The SMILES string of the molecule is C[C@@H]1Cc2ccccc2N1C(=O)CN1CCC(n2nnc3cc(C(F)(F)F)ccc32)CC1. The topological polar surface area (TPSA) is 54.3 Å². The number of nitrogens with zero attached hydrogens (tertiary/aromatic N) is 5. The minimum absolute atomic E-state index is 0.0505. The average Bonchev–Trinajstić information content (AvgIpc) is 3.33. The van der Waals surface area contributed by atoms with Crippen LogP contribution in [0.1, 0.15) is 36.9 Å². The highest BCUT2D eigenvalue weighted by atomic mass is 19.4. The number of rotatable bonds is 3. The molecular formula is C23H24F3N5O. The summed E-state index contributed by atoms with van der Waals surface area (Å²) in [5.74, 6) is 0.104. The van der Waals surface area contributed by atoms with E-state index in [2.05, 4.69) is 28.2 Å². The number of piperidine rings is 1. The zero-order valence-corrected chi connectivity index (χ0v) is 17.7. The van der Waals surface area contributed by atoms with Crippen molar-refractivity contribution < 1.29 is 18.0 Å². The number of likely N-dealkylation sites (tertiary alicyclic amines) is 1. The number of halogens is 3. The van der Waals surface area contributed by atoms with E-state index in [1.165, 1.54) is 11.6 Å². The van der Waals surface area contributed by atoms with Crippen molar-refractivity contribution in [3.05, 3.63) is 53.6 Å². The maximum absolute atomic E-state index is 13.0. The van der Waals surface area contributed by atoms with Gasteiger partial charge in [-0.1, -0.05) is 23.4 Å². The normalized spacial score (nSPS) is 20.1. The van der Waals surface area contributed by atoms with Crippen LogP contribution in [-0.2, 0) is 17.4 Å². The number of para-hydroxylation sites is 1. The van der Waals surface area contributed by atoms with Gasteiger partial charge in [-0.2, -0.15) is 13.2 Å². The summed E-state index contributed by atoms with van der Waals surface area (Å²) in [6, 6.07) is 11.8. The van der Waals surface area contributed by atoms with E-state index in [-0.39, 0.29) is 23.5 Å². The number of carbonyl (C=O) groups excluding carboxylic acids is 1. The Bertz CT molecular complexity index is 1150. The summed E-state index contributed by atoms with van der Waals surface area (Å²) < 4.78 is 40.6. The second kappa shape index (κ2) is 7.88. The van der Waals surface area contributed by atoms with E-state index in [0.717, 1.165) is 50.2 Å². The molecule has 0 unspecified atom stereocenters. The summed E-state index contributed by atoms with van der Waals surface area (Å²) in [5, 5.41) is 8.09. The maximum Gasteiger partial charge on any atom is 0.416 e. The Morgan fingerprint density at radius 3 is 2.62 bits per heavy atom. The molecule has 2 aliphatic rings. The number of carbonyl (C=O) groups is 1. The molecule has 0 N–H and O–H groups in total. The van der Waals surface area contributed by atoms with Gasteiger partial charge in [0.15, 0.2) is 0 Å². The summed E-state index contributed by atoms with van der Waals surface area (Å²) >= 11 is 0. The maximum atomic E-state index is 13.0. The fourth-order valence-electron chi connectivity index (χ4n) is 4.92. The first-order valence-corrected chi connectivity index (χ1v) is 10.9. The molecule has 32 heavy (non-hydrogen) atoms. The van der Waals surface area contributed by atoms with E-state index in [0.29, 0.717) is 12.1 Å². The van der Waals surface area contributed by atoms with Crippen LogP contribution in [0.4, 0.5) is 18.9 Å². The highest BCUT2D eigenvalue weighted by Crippen LogP contribution is 2.34. The van der Waals surface area contributed by atoms with Gasteiger partial charge in [0.2, 0.25) is 5.91 Å². The van der Waals surface area contributed by atoms with Crippen molar-refractivity contribution in [3.63, 3.8) is 0 Å². The lowest BCUT2D eigenvalue weighted by Gasteiger charge is -2.33. The van der Waals surface area contributed by atoms with Gasteiger partial charge in [0.25, 0.3) is 0 Å². The Morgan fingerprint density at radius 2 is 1.88 bits per heavy atom. The molecule has 2 aliphatic heterocycles. The van der Waals surface area contributed by atoms with Crippen LogP contribution in [0.15, 0.2) is 42.5 Å². The molecule has 0 saturated carbocycles. The first-order chi connectivity index (χ1) is 15.3. The van der Waals surface area contributed by atoms with E-state index in [1.807, 2.05) is 23.1 Å². The Morgan fingerprint density at radius 1 is 1.12 bits per heavy atom. The van der Waals surface area contributed by atoms with Crippen molar-refractivity contribution in [1.82, 2.24) is 19.9 Å². The summed E-state index contributed by atoms with van der Waals surface area (Å²) in [6.45, 7) is 3.88. The van der Waals surface area contributed by atoms with E-state index in [9.17, 15) is 18.0 Å². The van der Waals surface area contributed by atoms with Crippen molar-refractivity contribution in [2.24, 2.45) is 0 Å². The van der Waals surface area contributed by atoms with Gasteiger partial charge >= 0.3 is 6.18 Å². The molecule has 2 aromatic carbocycles. The van der Waals surface area contributed by atoms with Crippen LogP contribution in [0.25, 0.3) is 11.0 Å². The van der Waals surface area contributed by atoms with E-state index in [1.54, 1.807) is 4.68 Å². The second-order valence-electron chi connectivity index (χ2n) is 8.69. The molecule has 6 nitrogen and oxygen atoms in total. The van der Waals surface area contributed by atoms with Crippen molar-refractivity contribution >= 4 is 22.6 Å². The van der Waals surface area contributed by atoms with Gasteiger partial charge in [0.05, 0.1) is 23.7 Å². The molecule has 168 valence electrons. The summed E-state index contributed by atoms with van der Waals surface area (Å²) in [7, 11) is 0. The molecule has 5 rings (SSSR count). The zero-order chi connectivity index (χ0) is 22.5. The monoisotopic (exact) mass is 443 g/mol. The first kappa shape index (κ1) is 20.9. The third-order valence-corrected chi connectivity index (χ3v) is 6.54. The van der Waals surface area contributed by atoms with Gasteiger partial charge in [-0.3, -0.25) is 9.69 Å². The van der Waals surface area contributed by atoms with Crippen LogP contribution in [0.3, 0.4) is 0 Å². The third kappa shape index (κ3) is 3.74. The smallest absolute Gasteiger partial charge is 0.308 e. The predicted molar refractivity (Wildman–Crippen MR) is 114 cm³/mol. The van der Waals surface area contributed by atoms with Crippen LogP contribution >= 0.6 is 0 Å². The van der Waals surface area contributed by atoms with Crippen LogP contribution in [0.2, 0.25) is 0 Å². The van der Waals surface area contributed by atoms with Crippen molar-refractivity contribution in [3.8, 4) is 0 Å². The van der Waals surface area contributed by atoms with Gasteiger partial charge in [-0.05, 0) is 56.0 Å². The van der Waals surface area contributed by atoms with Gasteiger partial charge < -0.3 is 4.90 Å². The highest BCUT2D eigenvalue weighted by Gasteiger charge is 2.33. The first-order valence-electron chi connectivity index (χ1n) is 10.9. The van der Waals surface area contributed by atoms with Crippen LogP contribution in [-0.4, -0.2) is 51.5 Å². The molecular weight excluding hydrogens is 419 g/mol. The number of benzene rings is 2. The minimum Gasteiger partial charge on any atom is -0.308 e. The lowest BCUT2D eigenvalue weighted by Crippen LogP contribution is -2.45. The summed E-state index contributed by atoms with van der Waals surface area (Å²) in [5.41, 5.74) is 2.35. The van der Waals surface area contributed by atoms with Crippen LogP contribution in [0, 0.1) is 0 Å². The molecule has 9 heteroatoms. The van der Waals surface area contributed by atoms with Crippen molar-refractivity contribution in [2.75, 3.05) is 24.5 Å². The van der Waals surface area contributed by atoms with Crippen LogP contribution in [0.5, 0.6) is 0 Å². The molecule has 0 radical (unpaired) electrons. The average molecular weight is 443 g/mol. The zero-order valence-electron chi connectivity index (χ0n) is 17.7. The lowest BCUT2D eigenvalue weighted by molar-refractivity contribution is -0.137. The lowest BCUT2D eigenvalue weighted by atomic mass is 10.0. The molecule has 1 saturated heterocycles. The molecule has 1 aromatic heterocycles. The Kier molecular flexibility index (Phi) is 5.16. The fourth-order valence-corrected chi connectivity index (χ4v) is 4.92. The molecule has 0 bridgehead atoms. The molecule has 1 fully saturated rings. The van der Waals surface area contributed by atoms with Crippen molar-refractivity contribution in [2.45, 2.75) is 44.4 Å². The number of aromatic nitrogens is 3. The van der Waals surface area contributed by atoms with E-state index < -0.39 is 11.7 Å². The molecule has 3 aromatic rings. The fraction of sp³-hybridized carbons (Fsp3) is 0.435. The number of alkyl halides is 3. The number of fused-ring (bicyclic) bond motifs is 2. The molecule has 0 aliphatic carbocycles. The summed E-state index contributed by atoms with van der Waals surface area (Å²) in [4.78, 5) is 17.1. The Balaban J connectivity index is 1.24. The van der Waals surface area contributed by atoms with Gasteiger partial charge in [-0.25, -0.2) is 4.68 Å². The molecule has 1 atom stereocenters. The third-order valence-electron chi connectivity index (χ3n) is 6.54. The second-order valence-corrected chi connectivity index (χ2v) is 8.69. The van der Waals surface area contributed by atoms with E-state index >= 15 is 0 Å². The molecule has 1 amide bonds. The minimum atomic E-state index is -4.40. The number of hydrogen-bond donors (Lipinski definition) is 0. The number of anilines is 1. The molecule has 3 heterocycles. The Labute approximate surface area is 183 Å².